The van der Waals surface area contributed by atoms with Crippen LogP contribution in [-0.2, 0) is 0 Å². The fourth-order valence-corrected chi connectivity index (χ4v) is 1.17. The lowest BCUT2D eigenvalue weighted by Gasteiger charge is -2.00. The van der Waals surface area contributed by atoms with E-state index < -0.39 is 0 Å². The lowest BCUT2D eigenvalue weighted by Crippen LogP contribution is -2.00. The number of aryl methyl sites for hydroxylation is 2. The van der Waals surface area contributed by atoms with Crippen molar-refractivity contribution in [1.29, 1.82) is 5.26 Å². The molecule has 0 aliphatic heterocycles. The second-order valence-electron chi connectivity index (χ2n) is 2.90. The number of carbonyl (C=O) groups excluding carboxylic acids is 1. The van der Waals surface area contributed by atoms with E-state index in [0.29, 0.717) is 5.56 Å². The van der Waals surface area contributed by atoms with Gasteiger partial charge in [-0.3, -0.25) is 9.78 Å². The molecule has 0 N–H and O–H groups in total. The minimum Gasteiger partial charge on any atom is -0.293 e. The van der Waals surface area contributed by atoms with E-state index in [9.17, 15) is 4.79 Å². The number of pyridine rings is 1. The second-order valence-corrected chi connectivity index (χ2v) is 2.90. The smallest absolute Gasteiger partial charge is 0.177 e. The van der Waals surface area contributed by atoms with Crippen LogP contribution in [0.25, 0.3) is 0 Å². The van der Waals surface area contributed by atoms with Gasteiger partial charge in [-0.2, -0.15) is 5.26 Å². The Balaban J connectivity index is 3.02. The van der Waals surface area contributed by atoms with Gasteiger partial charge in [-0.1, -0.05) is 0 Å². The van der Waals surface area contributed by atoms with Gasteiger partial charge < -0.3 is 0 Å². The van der Waals surface area contributed by atoms with Crippen molar-refractivity contribution in [3.63, 3.8) is 0 Å². The maximum Gasteiger partial charge on any atom is 0.177 e. The highest BCUT2D eigenvalue weighted by Crippen LogP contribution is 2.07. The van der Waals surface area contributed by atoms with Crippen LogP contribution in [0.4, 0.5) is 0 Å². The zero-order chi connectivity index (χ0) is 9.84. The van der Waals surface area contributed by atoms with Crippen molar-refractivity contribution < 1.29 is 4.79 Å². The fraction of sp³-hybridized carbons (Fsp3) is 0.300. The summed E-state index contributed by atoms with van der Waals surface area (Å²) in [5.74, 6) is -0.142. The minimum absolute atomic E-state index is 0.0666. The van der Waals surface area contributed by atoms with Crippen LogP contribution in [0.1, 0.15) is 28.2 Å². The third-order valence-corrected chi connectivity index (χ3v) is 1.64. The average Bonchev–Trinajstić information content (AvgIpc) is 2.03. The van der Waals surface area contributed by atoms with Gasteiger partial charge in [0, 0.05) is 17.0 Å². The average molecular weight is 174 g/mol. The molecule has 0 spiro atoms. The fourth-order valence-electron chi connectivity index (χ4n) is 1.17. The molecule has 66 valence electrons. The summed E-state index contributed by atoms with van der Waals surface area (Å²) in [7, 11) is 0. The summed E-state index contributed by atoms with van der Waals surface area (Å²) in [6.07, 6.45) is -0.0666. The molecule has 0 amide bonds. The van der Waals surface area contributed by atoms with Gasteiger partial charge in [0.2, 0.25) is 0 Å². The van der Waals surface area contributed by atoms with E-state index in [-0.39, 0.29) is 12.2 Å². The third kappa shape index (κ3) is 2.38. The Bertz CT molecular complexity index is 357. The first-order valence-electron chi connectivity index (χ1n) is 3.99. The summed E-state index contributed by atoms with van der Waals surface area (Å²) in [5.41, 5.74) is 2.19. The molecular formula is C10H10N2O. The Morgan fingerprint density at radius 2 is 2.00 bits per heavy atom. The Morgan fingerprint density at radius 1 is 1.46 bits per heavy atom. The van der Waals surface area contributed by atoms with Crippen LogP contribution >= 0.6 is 0 Å². The van der Waals surface area contributed by atoms with Crippen molar-refractivity contribution in [2.24, 2.45) is 0 Å². The van der Waals surface area contributed by atoms with E-state index in [0.717, 1.165) is 11.4 Å². The number of ketones is 1. The van der Waals surface area contributed by atoms with Crippen molar-refractivity contribution in [3.05, 3.63) is 29.1 Å². The van der Waals surface area contributed by atoms with Gasteiger partial charge in [-0.05, 0) is 26.0 Å². The molecule has 0 saturated heterocycles. The number of rotatable bonds is 2. The second kappa shape index (κ2) is 3.81. The molecule has 1 heterocycles. The molecule has 0 fully saturated rings. The van der Waals surface area contributed by atoms with Crippen molar-refractivity contribution in [2.45, 2.75) is 20.3 Å². The normalized spacial score (nSPS) is 9.31. The maximum absolute atomic E-state index is 11.3. The molecular weight excluding hydrogens is 164 g/mol. The summed E-state index contributed by atoms with van der Waals surface area (Å²) in [5, 5.41) is 8.35. The lowest BCUT2D eigenvalue weighted by molar-refractivity contribution is 0.0997. The molecule has 1 aromatic heterocycles. The first kappa shape index (κ1) is 9.40. The van der Waals surface area contributed by atoms with Crippen LogP contribution in [0.3, 0.4) is 0 Å². The van der Waals surface area contributed by atoms with E-state index in [1.807, 2.05) is 19.9 Å². The largest absolute Gasteiger partial charge is 0.293 e. The number of hydrogen-bond acceptors (Lipinski definition) is 3. The van der Waals surface area contributed by atoms with Gasteiger partial charge in [-0.25, -0.2) is 0 Å². The quantitative estimate of drug-likeness (QED) is 0.642. The summed E-state index contributed by atoms with van der Waals surface area (Å²) >= 11 is 0. The highest BCUT2D eigenvalue weighted by molar-refractivity contribution is 5.97. The number of nitriles is 1. The summed E-state index contributed by atoms with van der Waals surface area (Å²) in [4.78, 5) is 15.4. The molecule has 3 heteroatoms. The summed E-state index contributed by atoms with van der Waals surface area (Å²) in [6.45, 7) is 3.66. The molecule has 0 aliphatic carbocycles. The molecule has 0 radical (unpaired) electrons. The lowest BCUT2D eigenvalue weighted by atomic mass is 10.1. The number of carbonyl (C=O) groups is 1. The molecule has 0 unspecified atom stereocenters. The summed E-state index contributed by atoms with van der Waals surface area (Å²) < 4.78 is 0. The van der Waals surface area contributed by atoms with E-state index in [1.165, 1.54) is 0 Å². The molecule has 0 aromatic carbocycles. The topological polar surface area (TPSA) is 53.8 Å². The van der Waals surface area contributed by atoms with Crippen molar-refractivity contribution in [1.82, 2.24) is 4.98 Å². The van der Waals surface area contributed by atoms with Gasteiger partial charge in [-0.15, -0.1) is 0 Å². The molecule has 13 heavy (non-hydrogen) atoms. The Kier molecular flexibility index (Phi) is 2.76. The third-order valence-electron chi connectivity index (χ3n) is 1.64. The molecule has 0 aliphatic rings. The van der Waals surface area contributed by atoms with E-state index in [1.54, 1.807) is 12.1 Å². The minimum atomic E-state index is -0.142. The van der Waals surface area contributed by atoms with Crippen molar-refractivity contribution >= 4 is 5.78 Å². The van der Waals surface area contributed by atoms with Crippen LogP contribution in [0.2, 0.25) is 0 Å². The van der Waals surface area contributed by atoms with Crippen LogP contribution in [-0.4, -0.2) is 10.8 Å². The zero-order valence-corrected chi connectivity index (χ0v) is 7.66. The highest BCUT2D eigenvalue weighted by atomic mass is 16.1. The number of nitrogens with zero attached hydrogens (tertiary/aromatic N) is 2. The van der Waals surface area contributed by atoms with Crippen molar-refractivity contribution in [2.75, 3.05) is 0 Å². The Hall–Kier alpha value is -1.69. The van der Waals surface area contributed by atoms with Crippen LogP contribution < -0.4 is 0 Å². The molecule has 0 bridgehead atoms. The van der Waals surface area contributed by atoms with E-state index >= 15 is 0 Å². The monoisotopic (exact) mass is 174 g/mol. The van der Waals surface area contributed by atoms with Crippen LogP contribution in [0, 0.1) is 25.2 Å². The van der Waals surface area contributed by atoms with Gasteiger partial charge in [0.15, 0.2) is 5.78 Å². The molecule has 3 nitrogen and oxygen atoms in total. The SMILES string of the molecule is Cc1cc(C(=O)CC#N)cc(C)n1. The first-order chi connectivity index (χ1) is 6.13. The summed E-state index contributed by atoms with van der Waals surface area (Å²) in [6, 6.07) is 5.24. The first-order valence-corrected chi connectivity index (χ1v) is 3.99. The van der Waals surface area contributed by atoms with Gasteiger partial charge in [0.05, 0.1) is 12.5 Å². The number of hydrogen-bond donors (Lipinski definition) is 0. The maximum atomic E-state index is 11.3. The Morgan fingerprint density at radius 3 is 2.46 bits per heavy atom. The van der Waals surface area contributed by atoms with Crippen molar-refractivity contribution in [3.8, 4) is 6.07 Å². The molecule has 1 rings (SSSR count). The Labute approximate surface area is 77.0 Å². The number of Topliss-reactive ketones (excluding diaryl/α,β-unsaturated/α-hetero) is 1. The molecule has 1 aromatic rings. The van der Waals surface area contributed by atoms with Crippen LogP contribution in [0.5, 0.6) is 0 Å². The highest BCUT2D eigenvalue weighted by Gasteiger charge is 2.06. The molecule has 0 atom stereocenters. The zero-order valence-electron chi connectivity index (χ0n) is 7.66. The van der Waals surface area contributed by atoms with Crippen LogP contribution in [0.15, 0.2) is 12.1 Å². The predicted octanol–water partition coefficient (Wildman–Crippen LogP) is 1.79. The molecule has 0 saturated carbocycles. The van der Waals surface area contributed by atoms with Gasteiger partial charge in [0.1, 0.15) is 0 Å². The van der Waals surface area contributed by atoms with Gasteiger partial charge in [0.25, 0.3) is 0 Å². The van der Waals surface area contributed by atoms with E-state index in [4.69, 9.17) is 5.26 Å². The van der Waals surface area contributed by atoms with E-state index in [2.05, 4.69) is 4.98 Å². The predicted molar refractivity (Wildman–Crippen MR) is 48.3 cm³/mol. The van der Waals surface area contributed by atoms with Gasteiger partial charge >= 0.3 is 0 Å². The standard InChI is InChI=1S/C10H10N2O/c1-7-5-9(6-8(2)12-7)10(13)3-4-11/h5-6H,3H2,1-2H3. The number of aromatic nitrogens is 1.